The van der Waals surface area contributed by atoms with Crippen LogP contribution in [-0.2, 0) is 22.5 Å². The van der Waals surface area contributed by atoms with Crippen LogP contribution in [0.25, 0.3) is 0 Å². The second-order valence-corrected chi connectivity index (χ2v) is 8.64. The highest BCUT2D eigenvalue weighted by Gasteiger charge is 2.25. The van der Waals surface area contributed by atoms with E-state index in [2.05, 4.69) is 54.7 Å². The number of nitrogens with zero attached hydrogens (tertiary/aromatic N) is 2. The van der Waals surface area contributed by atoms with Crippen LogP contribution in [0.3, 0.4) is 0 Å². The van der Waals surface area contributed by atoms with Gasteiger partial charge in [-0.15, -0.1) is 0 Å². The topological polar surface area (TPSA) is 44.1 Å². The minimum atomic E-state index is -0.396. The molecule has 0 aromatic carbocycles. The van der Waals surface area contributed by atoms with E-state index in [0.717, 1.165) is 29.0 Å². The Morgan fingerprint density at radius 2 is 2.05 bits per heavy atom. The van der Waals surface area contributed by atoms with E-state index in [1.54, 1.807) is 0 Å². The van der Waals surface area contributed by atoms with E-state index in [9.17, 15) is 4.79 Å². The van der Waals surface area contributed by atoms with Gasteiger partial charge in [0.2, 0.25) is 0 Å². The van der Waals surface area contributed by atoms with E-state index in [-0.39, 0.29) is 5.97 Å². The third-order valence-corrected chi connectivity index (χ3v) is 6.17. The van der Waals surface area contributed by atoms with Crippen molar-refractivity contribution in [2.24, 2.45) is 5.92 Å². The van der Waals surface area contributed by atoms with Gasteiger partial charge in [0.15, 0.2) is 0 Å². The summed E-state index contributed by atoms with van der Waals surface area (Å²) >= 11 is 4.64. The van der Waals surface area contributed by atoms with Crippen LogP contribution >= 0.6 is 45.2 Å². The molecule has 0 saturated heterocycles. The molecular formula is C15H22I2N2O2. The van der Waals surface area contributed by atoms with Gasteiger partial charge >= 0.3 is 5.97 Å². The fourth-order valence-electron chi connectivity index (χ4n) is 2.18. The van der Waals surface area contributed by atoms with Crippen molar-refractivity contribution < 1.29 is 9.53 Å². The molecule has 1 aromatic rings. The number of carbonyl (C=O) groups excluding carboxylic acids is 1. The Morgan fingerprint density at radius 1 is 1.38 bits per heavy atom. The van der Waals surface area contributed by atoms with Crippen molar-refractivity contribution in [3.05, 3.63) is 13.2 Å². The summed E-state index contributed by atoms with van der Waals surface area (Å²) in [4.78, 5) is 16.4. The van der Waals surface area contributed by atoms with Gasteiger partial charge in [-0.05, 0) is 91.1 Å². The molecule has 1 aliphatic rings. The maximum Gasteiger partial charge on any atom is 0.306 e. The summed E-state index contributed by atoms with van der Waals surface area (Å²) in [6, 6.07) is 0. The van der Waals surface area contributed by atoms with Gasteiger partial charge < -0.3 is 9.30 Å². The zero-order chi connectivity index (χ0) is 15.6. The number of imidazole rings is 1. The number of halogens is 2. The van der Waals surface area contributed by atoms with Crippen LogP contribution in [0.2, 0.25) is 0 Å². The number of esters is 1. The van der Waals surface area contributed by atoms with Crippen molar-refractivity contribution in [1.29, 1.82) is 0 Å². The molecule has 0 aliphatic heterocycles. The Balaban J connectivity index is 1.88. The Hall–Kier alpha value is 0.140. The molecule has 0 amide bonds. The van der Waals surface area contributed by atoms with Gasteiger partial charge in [-0.3, -0.25) is 4.79 Å². The summed E-state index contributed by atoms with van der Waals surface area (Å²) in [5.74, 6) is 1.88. The van der Waals surface area contributed by atoms with Gasteiger partial charge in [0.05, 0.1) is 0 Å². The molecule has 0 atom stereocenters. The number of hydrogen-bond acceptors (Lipinski definition) is 3. The molecule has 0 bridgehead atoms. The van der Waals surface area contributed by atoms with E-state index in [0.29, 0.717) is 6.42 Å². The second kappa shape index (κ2) is 7.14. The molecule has 0 N–H and O–H groups in total. The molecule has 0 unspecified atom stereocenters. The number of carbonyl (C=O) groups is 1. The first-order chi connectivity index (χ1) is 9.76. The molecule has 4 nitrogen and oxygen atoms in total. The van der Waals surface area contributed by atoms with E-state index < -0.39 is 5.60 Å². The summed E-state index contributed by atoms with van der Waals surface area (Å²) in [7, 11) is 0. The number of ether oxygens (including phenoxy) is 1. The lowest BCUT2D eigenvalue weighted by Gasteiger charge is -2.19. The van der Waals surface area contributed by atoms with E-state index in [1.165, 1.54) is 22.4 Å². The molecule has 1 fully saturated rings. The molecule has 0 radical (unpaired) electrons. The highest BCUT2D eigenvalue weighted by Crippen LogP contribution is 2.33. The van der Waals surface area contributed by atoms with Crippen molar-refractivity contribution in [3.63, 3.8) is 0 Å². The zero-order valence-corrected chi connectivity index (χ0v) is 17.1. The predicted molar refractivity (Wildman–Crippen MR) is 99.2 cm³/mol. The fourth-order valence-corrected chi connectivity index (χ4v) is 3.39. The van der Waals surface area contributed by atoms with E-state index in [1.807, 2.05) is 20.8 Å². The maximum atomic E-state index is 11.8. The first-order valence-corrected chi connectivity index (χ1v) is 9.54. The first kappa shape index (κ1) is 17.5. The molecule has 21 heavy (non-hydrogen) atoms. The predicted octanol–water partition coefficient (Wildman–Crippen LogP) is 4.17. The van der Waals surface area contributed by atoms with Crippen molar-refractivity contribution in [1.82, 2.24) is 9.55 Å². The summed E-state index contributed by atoms with van der Waals surface area (Å²) in [6.07, 6.45) is 5.00. The number of rotatable bonds is 6. The minimum absolute atomic E-state index is 0.115. The van der Waals surface area contributed by atoms with Gasteiger partial charge in [-0.1, -0.05) is 0 Å². The van der Waals surface area contributed by atoms with E-state index >= 15 is 0 Å². The summed E-state index contributed by atoms with van der Waals surface area (Å²) < 4.78 is 9.88. The smallest absolute Gasteiger partial charge is 0.306 e. The molecule has 1 aromatic heterocycles. The largest absolute Gasteiger partial charge is 0.460 e. The molecule has 1 aliphatic carbocycles. The summed E-state index contributed by atoms with van der Waals surface area (Å²) in [5, 5.41) is 0. The Kier molecular flexibility index (Phi) is 5.95. The lowest BCUT2D eigenvalue weighted by Crippen LogP contribution is -2.24. The SMILES string of the molecule is CC(C)(C)OC(=O)CCCn1c(CC2CC2)nc(I)c1I. The lowest BCUT2D eigenvalue weighted by atomic mass is 10.2. The average Bonchev–Trinajstić information content (AvgIpc) is 3.10. The molecule has 1 saturated carbocycles. The number of hydrogen-bond donors (Lipinski definition) is 0. The van der Waals surface area contributed by atoms with Crippen molar-refractivity contribution in [2.75, 3.05) is 0 Å². The summed E-state index contributed by atoms with van der Waals surface area (Å²) in [6.45, 7) is 6.55. The van der Waals surface area contributed by atoms with Crippen molar-refractivity contribution in [2.45, 2.75) is 65.0 Å². The minimum Gasteiger partial charge on any atom is -0.460 e. The lowest BCUT2D eigenvalue weighted by molar-refractivity contribution is -0.154. The van der Waals surface area contributed by atoms with Gasteiger partial charge in [0.25, 0.3) is 0 Å². The molecule has 6 heteroatoms. The zero-order valence-electron chi connectivity index (χ0n) is 12.8. The highest BCUT2D eigenvalue weighted by atomic mass is 127. The number of aromatic nitrogens is 2. The monoisotopic (exact) mass is 516 g/mol. The van der Waals surface area contributed by atoms with Crippen LogP contribution in [0.5, 0.6) is 0 Å². The third kappa shape index (κ3) is 5.69. The van der Waals surface area contributed by atoms with Crippen LogP contribution in [0.1, 0.15) is 52.3 Å². The molecular weight excluding hydrogens is 494 g/mol. The van der Waals surface area contributed by atoms with Crippen LogP contribution in [0, 0.1) is 13.3 Å². The third-order valence-electron chi connectivity index (χ3n) is 3.30. The van der Waals surface area contributed by atoms with Crippen LogP contribution in [0.15, 0.2) is 0 Å². The van der Waals surface area contributed by atoms with Gasteiger partial charge in [0.1, 0.15) is 18.8 Å². The van der Waals surface area contributed by atoms with Gasteiger partial charge in [-0.2, -0.15) is 0 Å². The second-order valence-electron chi connectivity index (χ2n) is 6.60. The maximum absolute atomic E-state index is 11.8. The molecule has 1 heterocycles. The molecule has 2 rings (SSSR count). The van der Waals surface area contributed by atoms with Gasteiger partial charge in [-0.25, -0.2) is 4.98 Å². The Labute approximate surface area is 153 Å². The van der Waals surface area contributed by atoms with Crippen LogP contribution in [-0.4, -0.2) is 21.1 Å². The fraction of sp³-hybridized carbons (Fsp3) is 0.733. The van der Waals surface area contributed by atoms with Gasteiger partial charge in [0, 0.05) is 19.4 Å². The molecule has 118 valence electrons. The van der Waals surface area contributed by atoms with Crippen molar-refractivity contribution >= 4 is 51.2 Å². The first-order valence-electron chi connectivity index (χ1n) is 7.38. The Morgan fingerprint density at radius 3 is 2.62 bits per heavy atom. The van der Waals surface area contributed by atoms with Crippen molar-refractivity contribution in [3.8, 4) is 0 Å². The highest BCUT2D eigenvalue weighted by molar-refractivity contribution is 14.1. The summed E-state index contributed by atoms with van der Waals surface area (Å²) in [5.41, 5.74) is -0.396. The average molecular weight is 516 g/mol. The standard InChI is InChI=1S/C15H22I2N2O2/c1-15(2,3)21-12(20)5-4-8-19-11(9-10-6-7-10)18-13(16)14(19)17/h10H,4-9H2,1-3H3. The van der Waals surface area contributed by atoms with Crippen LogP contribution in [0.4, 0.5) is 0 Å². The Bertz CT molecular complexity index is 516. The quantitative estimate of drug-likeness (QED) is 0.422. The normalized spacial score (nSPS) is 15.3. The van der Waals surface area contributed by atoms with Crippen LogP contribution < -0.4 is 0 Å². The molecule has 0 spiro atoms. The van der Waals surface area contributed by atoms with E-state index in [4.69, 9.17) is 4.74 Å².